The topological polar surface area (TPSA) is 128 Å². The Morgan fingerprint density at radius 3 is 2.41 bits per heavy atom. The number of para-hydroxylation sites is 1. The molecule has 1 aliphatic heterocycles. The number of likely N-dealkylation sites (tertiary alicyclic amines) is 1. The molecule has 194 valence electrons. The highest BCUT2D eigenvalue weighted by molar-refractivity contribution is 9.10. The lowest BCUT2D eigenvalue weighted by atomic mass is 9.97. The molecule has 0 spiro atoms. The average molecular weight is 588 g/mol. The van der Waals surface area contributed by atoms with Gasteiger partial charge >= 0.3 is 18.0 Å². The Morgan fingerprint density at radius 1 is 1.03 bits per heavy atom. The van der Waals surface area contributed by atoms with Crippen molar-refractivity contribution in [1.29, 1.82) is 0 Å². The van der Waals surface area contributed by atoms with Crippen LogP contribution in [0.2, 0.25) is 0 Å². The van der Waals surface area contributed by atoms with E-state index in [4.69, 9.17) is 9.84 Å². The Balaban J connectivity index is 1.35. The third-order valence-electron chi connectivity index (χ3n) is 5.99. The fraction of sp³-hybridized carbons (Fsp3) is 0.269. The van der Waals surface area contributed by atoms with E-state index in [1.54, 1.807) is 0 Å². The van der Waals surface area contributed by atoms with E-state index in [1.165, 1.54) is 0 Å². The maximum atomic E-state index is 12.5. The van der Waals surface area contributed by atoms with Crippen molar-refractivity contribution >= 4 is 56.6 Å². The third kappa shape index (κ3) is 6.80. The molecule has 0 atom stereocenters. The first-order chi connectivity index (χ1) is 17.8. The van der Waals surface area contributed by atoms with Crippen LogP contribution < -0.4 is 15.4 Å². The normalized spacial score (nSPS) is 13.7. The zero-order valence-corrected chi connectivity index (χ0v) is 22.2. The minimum Gasteiger partial charge on any atom is -0.479 e. The monoisotopic (exact) mass is 587 g/mol. The SMILES string of the molecule is O=C(O)COc1c(C(=O)O)sc(-c2cccc(NCC3CCN(C(=O)Nc4ccccc4)CC3)c2)c1Br. The molecule has 9 nitrogen and oxygen atoms in total. The fourth-order valence-electron chi connectivity index (χ4n) is 4.08. The Bertz CT molecular complexity index is 1270. The fourth-order valence-corrected chi connectivity index (χ4v) is 5.97. The number of rotatable bonds is 9. The molecule has 37 heavy (non-hydrogen) atoms. The van der Waals surface area contributed by atoms with Crippen molar-refractivity contribution in [2.24, 2.45) is 5.92 Å². The number of carboxylic acid groups (broad SMARTS) is 2. The van der Waals surface area contributed by atoms with Crippen molar-refractivity contribution in [3.8, 4) is 16.2 Å². The Hall–Kier alpha value is -3.57. The minimum absolute atomic E-state index is 0.0105. The van der Waals surface area contributed by atoms with Gasteiger partial charge < -0.3 is 30.5 Å². The highest BCUT2D eigenvalue weighted by Crippen LogP contribution is 2.46. The van der Waals surface area contributed by atoms with Crippen LogP contribution >= 0.6 is 27.3 Å². The predicted molar refractivity (Wildman–Crippen MR) is 146 cm³/mol. The van der Waals surface area contributed by atoms with E-state index in [-0.39, 0.29) is 16.7 Å². The number of anilines is 2. The molecule has 1 fully saturated rings. The molecule has 1 aromatic heterocycles. The van der Waals surface area contributed by atoms with E-state index in [1.807, 2.05) is 59.5 Å². The molecule has 4 rings (SSSR count). The number of benzene rings is 2. The van der Waals surface area contributed by atoms with E-state index >= 15 is 0 Å². The molecule has 0 aliphatic carbocycles. The number of ether oxygens (including phenoxy) is 1. The van der Waals surface area contributed by atoms with Gasteiger partial charge in [0.15, 0.2) is 17.2 Å². The minimum atomic E-state index is -1.19. The van der Waals surface area contributed by atoms with Crippen molar-refractivity contribution in [1.82, 2.24) is 4.90 Å². The van der Waals surface area contributed by atoms with Crippen LogP contribution in [0.1, 0.15) is 22.5 Å². The second-order valence-electron chi connectivity index (χ2n) is 8.58. The number of thiophene rings is 1. The molecule has 2 heterocycles. The second kappa shape index (κ2) is 12.1. The van der Waals surface area contributed by atoms with Crippen LogP contribution in [0.3, 0.4) is 0 Å². The van der Waals surface area contributed by atoms with E-state index < -0.39 is 18.5 Å². The number of nitrogens with zero attached hydrogens (tertiary/aromatic N) is 1. The van der Waals surface area contributed by atoms with Gasteiger partial charge in [-0.3, -0.25) is 0 Å². The van der Waals surface area contributed by atoms with Gasteiger partial charge in [0.05, 0.1) is 9.35 Å². The van der Waals surface area contributed by atoms with Crippen molar-refractivity contribution < 1.29 is 29.3 Å². The van der Waals surface area contributed by atoms with Crippen molar-refractivity contribution in [3.63, 3.8) is 0 Å². The number of carbonyl (C=O) groups excluding carboxylic acids is 1. The molecule has 0 saturated carbocycles. The number of amides is 2. The summed E-state index contributed by atoms with van der Waals surface area (Å²) >= 11 is 4.41. The summed E-state index contributed by atoms with van der Waals surface area (Å²) < 4.78 is 5.66. The number of piperidine rings is 1. The number of carboxylic acids is 2. The number of hydrogen-bond acceptors (Lipinski definition) is 6. The van der Waals surface area contributed by atoms with E-state index in [9.17, 15) is 19.5 Å². The largest absolute Gasteiger partial charge is 0.479 e. The predicted octanol–water partition coefficient (Wildman–Crippen LogP) is 5.70. The summed E-state index contributed by atoms with van der Waals surface area (Å²) in [7, 11) is 0. The van der Waals surface area contributed by atoms with Gasteiger partial charge in [-0.2, -0.15) is 0 Å². The molecule has 3 aromatic rings. The van der Waals surface area contributed by atoms with E-state index in [0.717, 1.165) is 47.7 Å². The van der Waals surface area contributed by atoms with Crippen molar-refractivity contribution in [2.75, 3.05) is 36.9 Å². The van der Waals surface area contributed by atoms with Crippen molar-refractivity contribution in [2.45, 2.75) is 12.8 Å². The number of hydrogen-bond donors (Lipinski definition) is 4. The molecular weight excluding hydrogens is 562 g/mol. The highest BCUT2D eigenvalue weighted by atomic mass is 79.9. The quantitative estimate of drug-likeness (QED) is 0.253. The Labute approximate surface area is 226 Å². The highest BCUT2D eigenvalue weighted by Gasteiger charge is 2.25. The van der Waals surface area contributed by atoms with Gasteiger partial charge in [0, 0.05) is 31.0 Å². The summed E-state index contributed by atoms with van der Waals surface area (Å²) in [5.74, 6) is -1.95. The second-order valence-corrected chi connectivity index (χ2v) is 10.4. The van der Waals surface area contributed by atoms with E-state index in [0.29, 0.717) is 28.4 Å². The molecule has 1 aliphatic rings. The molecule has 4 N–H and O–H groups in total. The molecule has 11 heteroatoms. The average Bonchev–Trinajstić information content (AvgIpc) is 3.23. The first-order valence-electron chi connectivity index (χ1n) is 11.7. The number of aromatic carboxylic acids is 1. The smallest absolute Gasteiger partial charge is 0.349 e. The first-order valence-corrected chi connectivity index (χ1v) is 13.3. The summed E-state index contributed by atoms with van der Waals surface area (Å²) in [6, 6.07) is 16.9. The number of carbonyl (C=O) groups is 3. The zero-order valence-electron chi connectivity index (χ0n) is 19.8. The van der Waals surface area contributed by atoms with Crippen LogP contribution in [0.25, 0.3) is 10.4 Å². The van der Waals surface area contributed by atoms with Gasteiger partial charge in [0.2, 0.25) is 0 Å². The van der Waals surface area contributed by atoms with Gasteiger partial charge in [0.1, 0.15) is 0 Å². The third-order valence-corrected chi connectivity index (χ3v) is 8.22. The lowest BCUT2D eigenvalue weighted by Crippen LogP contribution is -2.42. The Morgan fingerprint density at radius 2 is 1.73 bits per heavy atom. The summed E-state index contributed by atoms with van der Waals surface area (Å²) in [6.45, 7) is 1.48. The lowest BCUT2D eigenvalue weighted by Gasteiger charge is -2.32. The van der Waals surface area contributed by atoms with Gasteiger partial charge in [-0.05, 0) is 64.5 Å². The standard InChI is InChI=1S/C26H26BrN3O6S/c27-21-22(36-15-20(31)32)24(25(33)34)37-23(21)17-5-4-8-19(13-17)28-14-16-9-11-30(12-10-16)26(35)29-18-6-2-1-3-7-18/h1-8,13,16,28H,9-12,14-15H2,(H,29,35)(H,31,32)(H,33,34). The summed E-state index contributed by atoms with van der Waals surface area (Å²) in [5.41, 5.74) is 2.44. The van der Waals surface area contributed by atoms with Gasteiger partial charge in [-0.15, -0.1) is 11.3 Å². The van der Waals surface area contributed by atoms with Crippen LogP contribution in [0.5, 0.6) is 5.75 Å². The maximum absolute atomic E-state index is 12.5. The molecule has 2 amide bonds. The van der Waals surface area contributed by atoms with Crippen molar-refractivity contribution in [3.05, 3.63) is 63.9 Å². The summed E-state index contributed by atoms with van der Waals surface area (Å²) in [5, 5.41) is 24.8. The number of halogens is 1. The van der Waals surface area contributed by atoms with Crippen LogP contribution in [0, 0.1) is 5.92 Å². The maximum Gasteiger partial charge on any atom is 0.349 e. The zero-order chi connectivity index (χ0) is 26.4. The van der Waals surface area contributed by atoms with Crippen LogP contribution in [-0.4, -0.2) is 59.3 Å². The number of nitrogens with one attached hydrogen (secondary N) is 2. The number of aliphatic carboxylic acids is 1. The first kappa shape index (κ1) is 26.5. The number of urea groups is 1. The molecule has 1 saturated heterocycles. The van der Waals surface area contributed by atoms with Gasteiger partial charge in [-0.1, -0.05) is 30.3 Å². The molecule has 2 aromatic carbocycles. The van der Waals surface area contributed by atoms with Gasteiger partial charge in [0.25, 0.3) is 0 Å². The Kier molecular flexibility index (Phi) is 8.67. The van der Waals surface area contributed by atoms with E-state index in [2.05, 4.69) is 26.6 Å². The molecule has 0 bridgehead atoms. The lowest BCUT2D eigenvalue weighted by molar-refractivity contribution is -0.139. The molecule has 0 unspecified atom stereocenters. The molecular formula is C26H26BrN3O6S. The van der Waals surface area contributed by atoms with Crippen LogP contribution in [0.4, 0.5) is 16.2 Å². The van der Waals surface area contributed by atoms with Crippen LogP contribution in [-0.2, 0) is 4.79 Å². The van der Waals surface area contributed by atoms with Gasteiger partial charge in [-0.25, -0.2) is 14.4 Å². The summed E-state index contributed by atoms with van der Waals surface area (Å²) in [4.78, 5) is 37.5. The van der Waals surface area contributed by atoms with Crippen LogP contribution in [0.15, 0.2) is 59.1 Å². The summed E-state index contributed by atoms with van der Waals surface area (Å²) in [6.07, 6.45) is 1.77. The molecule has 0 radical (unpaired) electrons.